The van der Waals surface area contributed by atoms with Gasteiger partial charge in [-0.3, -0.25) is 14.6 Å². The molecule has 1 aromatic heterocycles. The third-order valence-electron chi connectivity index (χ3n) is 4.90. The highest BCUT2D eigenvalue weighted by atomic mass is 79.9. The maximum atomic E-state index is 13.4. The van der Waals surface area contributed by atoms with Crippen LogP contribution >= 0.6 is 15.9 Å². The molecule has 0 spiro atoms. The second-order valence-electron chi connectivity index (χ2n) is 7.36. The Balaban J connectivity index is 1.59. The molecule has 2 aromatic rings. The number of piperidine rings is 1. The minimum absolute atomic E-state index is 0.00512. The van der Waals surface area contributed by atoms with E-state index in [1.165, 1.54) is 12.1 Å². The van der Waals surface area contributed by atoms with E-state index in [4.69, 9.17) is 0 Å². The Morgan fingerprint density at radius 2 is 2.25 bits per heavy atom. The molecule has 1 fully saturated rings. The van der Waals surface area contributed by atoms with Crippen LogP contribution in [0.25, 0.3) is 0 Å². The molecule has 1 aliphatic rings. The summed E-state index contributed by atoms with van der Waals surface area (Å²) >= 11 is 3.18. The summed E-state index contributed by atoms with van der Waals surface area (Å²) in [4.78, 5) is 33.5. The van der Waals surface area contributed by atoms with Gasteiger partial charge in [0, 0.05) is 36.8 Å². The lowest BCUT2D eigenvalue weighted by Gasteiger charge is -2.34. The quantitative estimate of drug-likeness (QED) is 0.733. The Morgan fingerprint density at radius 3 is 2.96 bits per heavy atom. The summed E-state index contributed by atoms with van der Waals surface area (Å²) in [6.07, 6.45) is 2.32. The van der Waals surface area contributed by atoms with Crippen LogP contribution in [0.3, 0.4) is 0 Å². The van der Waals surface area contributed by atoms with Gasteiger partial charge in [0.15, 0.2) is 0 Å². The third-order valence-corrected chi connectivity index (χ3v) is 5.51. The van der Waals surface area contributed by atoms with Gasteiger partial charge in [-0.15, -0.1) is 0 Å². The Bertz CT molecular complexity index is 917. The van der Waals surface area contributed by atoms with E-state index in [1.54, 1.807) is 19.1 Å². The average Bonchev–Trinajstić information content (AvgIpc) is 2.64. The van der Waals surface area contributed by atoms with E-state index in [0.717, 1.165) is 24.9 Å². The zero-order valence-electron chi connectivity index (χ0n) is 16.0. The molecule has 1 amide bonds. The van der Waals surface area contributed by atoms with Crippen molar-refractivity contribution >= 4 is 27.8 Å². The lowest BCUT2D eigenvalue weighted by atomic mass is 9.99. The van der Waals surface area contributed by atoms with Crippen molar-refractivity contribution in [2.45, 2.75) is 39.2 Å². The Morgan fingerprint density at radius 1 is 1.46 bits per heavy atom. The normalized spacial score (nSPS) is 18.0. The predicted octanol–water partition coefficient (Wildman–Crippen LogP) is 2.94. The van der Waals surface area contributed by atoms with E-state index in [9.17, 15) is 14.0 Å². The lowest BCUT2D eigenvalue weighted by Crippen LogP contribution is -2.49. The molecule has 28 heavy (non-hydrogen) atoms. The number of carbonyl (C=O) groups excluding carboxylic acids is 1. The molecule has 2 atom stereocenters. The van der Waals surface area contributed by atoms with E-state index in [-0.39, 0.29) is 29.2 Å². The number of carbonyl (C=O) groups is 1. The minimum atomic E-state index is -0.314. The molecule has 2 heterocycles. The first kappa shape index (κ1) is 20.5. The molecule has 2 unspecified atom stereocenters. The van der Waals surface area contributed by atoms with Crippen molar-refractivity contribution in [3.63, 3.8) is 0 Å². The van der Waals surface area contributed by atoms with Gasteiger partial charge in [0.25, 0.3) is 5.56 Å². The van der Waals surface area contributed by atoms with Crippen LogP contribution in [0.4, 0.5) is 10.3 Å². The standard InChI is InChI=1S/C20H24BrFN4O2/c1-12(8-14-5-6-17(22)16(21)10-14)19(28)24-15-4-3-7-26(11-15)20-23-13(2)9-18(27)25-20/h5-6,9-10,12,15H,3-4,7-8,11H2,1-2H3,(H,24,28)(H,23,25,27). The Hall–Kier alpha value is -2.22. The van der Waals surface area contributed by atoms with E-state index in [0.29, 0.717) is 29.1 Å². The molecule has 0 aliphatic carbocycles. The second-order valence-corrected chi connectivity index (χ2v) is 8.21. The van der Waals surface area contributed by atoms with Crippen molar-refractivity contribution in [3.8, 4) is 0 Å². The second kappa shape index (κ2) is 8.86. The number of hydrogen-bond donors (Lipinski definition) is 2. The van der Waals surface area contributed by atoms with Gasteiger partial charge in [-0.1, -0.05) is 13.0 Å². The predicted molar refractivity (Wildman–Crippen MR) is 110 cm³/mol. The summed E-state index contributed by atoms with van der Waals surface area (Å²) in [6.45, 7) is 5.05. The molecule has 6 nitrogen and oxygen atoms in total. The fraction of sp³-hybridized carbons (Fsp3) is 0.450. The average molecular weight is 451 g/mol. The molecule has 1 saturated heterocycles. The fourth-order valence-electron chi connectivity index (χ4n) is 3.46. The summed E-state index contributed by atoms with van der Waals surface area (Å²) in [5.41, 5.74) is 1.40. The van der Waals surface area contributed by atoms with Gasteiger partial charge in [-0.2, -0.15) is 0 Å². The lowest BCUT2D eigenvalue weighted by molar-refractivity contribution is -0.125. The van der Waals surface area contributed by atoms with Gasteiger partial charge in [-0.05, 0) is 59.8 Å². The monoisotopic (exact) mass is 450 g/mol. The molecule has 3 rings (SSSR count). The summed E-state index contributed by atoms with van der Waals surface area (Å²) in [5.74, 6) is -0.0262. The van der Waals surface area contributed by atoms with Crippen LogP contribution in [-0.4, -0.2) is 35.0 Å². The first-order valence-electron chi connectivity index (χ1n) is 9.39. The summed E-state index contributed by atoms with van der Waals surface area (Å²) < 4.78 is 13.8. The van der Waals surface area contributed by atoms with Gasteiger partial charge in [0.05, 0.1) is 4.47 Å². The van der Waals surface area contributed by atoms with Gasteiger partial charge >= 0.3 is 0 Å². The highest BCUT2D eigenvalue weighted by Gasteiger charge is 2.25. The number of aromatic amines is 1. The van der Waals surface area contributed by atoms with Gasteiger partial charge in [0.2, 0.25) is 11.9 Å². The number of nitrogens with one attached hydrogen (secondary N) is 2. The smallest absolute Gasteiger partial charge is 0.252 e. The molecule has 150 valence electrons. The Labute approximate surface area is 171 Å². The van der Waals surface area contributed by atoms with Crippen molar-refractivity contribution in [1.29, 1.82) is 0 Å². The van der Waals surface area contributed by atoms with Crippen molar-refractivity contribution < 1.29 is 9.18 Å². The third kappa shape index (κ3) is 5.19. The fourth-order valence-corrected chi connectivity index (χ4v) is 3.88. The number of nitrogens with zero attached hydrogens (tertiary/aromatic N) is 2. The van der Waals surface area contributed by atoms with Crippen LogP contribution in [0.1, 0.15) is 31.0 Å². The highest BCUT2D eigenvalue weighted by Crippen LogP contribution is 2.20. The van der Waals surface area contributed by atoms with Crippen molar-refractivity contribution in [3.05, 3.63) is 56.2 Å². The summed E-state index contributed by atoms with van der Waals surface area (Å²) in [6, 6.07) is 6.27. The molecular weight excluding hydrogens is 427 g/mol. The first-order valence-corrected chi connectivity index (χ1v) is 10.2. The summed E-state index contributed by atoms with van der Waals surface area (Å²) in [5, 5.41) is 3.11. The van der Waals surface area contributed by atoms with Crippen molar-refractivity contribution in [1.82, 2.24) is 15.3 Å². The van der Waals surface area contributed by atoms with Crippen LogP contribution in [0.2, 0.25) is 0 Å². The number of hydrogen-bond acceptors (Lipinski definition) is 4. The number of benzene rings is 1. The minimum Gasteiger partial charge on any atom is -0.351 e. The van der Waals surface area contributed by atoms with Crippen LogP contribution < -0.4 is 15.8 Å². The molecular formula is C20H24BrFN4O2. The number of aryl methyl sites for hydroxylation is 1. The van der Waals surface area contributed by atoms with Crippen LogP contribution in [-0.2, 0) is 11.2 Å². The molecule has 2 N–H and O–H groups in total. The SMILES string of the molecule is Cc1cc(=O)[nH]c(N2CCCC(NC(=O)C(C)Cc3ccc(F)c(Br)c3)C2)n1. The zero-order chi connectivity index (χ0) is 20.3. The zero-order valence-corrected chi connectivity index (χ0v) is 17.6. The molecule has 0 saturated carbocycles. The maximum Gasteiger partial charge on any atom is 0.252 e. The number of amides is 1. The van der Waals surface area contributed by atoms with E-state index >= 15 is 0 Å². The van der Waals surface area contributed by atoms with Gasteiger partial charge < -0.3 is 10.2 Å². The van der Waals surface area contributed by atoms with E-state index in [1.807, 2.05) is 11.8 Å². The van der Waals surface area contributed by atoms with Crippen LogP contribution in [0.5, 0.6) is 0 Å². The molecule has 8 heteroatoms. The summed E-state index contributed by atoms with van der Waals surface area (Å²) in [7, 11) is 0. The van der Waals surface area contributed by atoms with Crippen LogP contribution in [0, 0.1) is 18.7 Å². The van der Waals surface area contributed by atoms with Gasteiger partial charge in [-0.25, -0.2) is 9.37 Å². The number of halogens is 2. The highest BCUT2D eigenvalue weighted by molar-refractivity contribution is 9.10. The number of anilines is 1. The van der Waals surface area contributed by atoms with Crippen molar-refractivity contribution in [2.24, 2.45) is 5.92 Å². The number of H-pyrrole nitrogens is 1. The number of aromatic nitrogens is 2. The topological polar surface area (TPSA) is 78.1 Å². The molecule has 0 bridgehead atoms. The first-order chi connectivity index (χ1) is 13.3. The molecule has 1 aromatic carbocycles. The Kier molecular flexibility index (Phi) is 6.49. The van der Waals surface area contributed by atoms with E-state index < -0.39 is 0 Å². The van der Waals surface area contributed by atoms with Gasteiger partial charge in [0.1, 0.15) is 5.82 Å². The van der Waals surface area contributed by atoms with E-state index in [2.05, 4.69) is 31.2 Å². The number of rotatable bonds is 5. The van der Waals surface area contributed by atoms with Crippen molar-refractivity contribution in [2.75, 3.05) is 18.0 Å². The maximum absolute atomic E-state index is 13.4. The molecule has 0 radical (unpaired) electrons. The molecule has 1 aliphatic heterocycles. The largest absolute Gasteiger partial charge is 0.351 e. The van der Waals surface area contributed by atoms with Crippen LogP contribution in [0.15, 0.2) is 33.5 Å².